The van der Waals surface area contributed by atoms with Crippen LogP contribution in [0.4, 0.5) is 0 Å². The first kappa shape index (κ1) is 39.9. The van der Waals surface area contributed by atoms with Crippen LogP contribution in [-0.2, 0) is 14.3 Å². The van der Waals surface area contributed by atoms with E-state index in [4.69, 9.17) is 4.74 Å². The average molecular weight is 603 g/mol. The zero-order valence-electron chi connectivity index (χ0n) is 29.3. The zero-order chi connectivity index (χ0) is 31.1. The maximum absolute atomic E-state index is 12.3. The summed E-state index contributed by atoms with van der Waals surface area (Å²) in [6.45, 7) is 4.57. The third-order valence-corrected chi connectivity index (χ3v) is 9.60. The predicted molar refractivity (Wildman–Crippen MR) is 186 cm³/mol. The minimum atomic E-state index is -0.363. The Hall–Kier alpha value is -1.12. The molecule has 0 aromatic rings. The number of hydrogen-bond donors (Lipinski definition) is 0. The molecular weight excluding hydrogens is 528 g/mol. The number of cyclic esters (lactones) is 2. The van der Waals surface area contributed by atoms with E-state index in [2.05, 4.69) is 13.8 Å². The standard InChI is InChI=1S/C40H74O3/c1-3-5-7-9-11-13-15-17-19-21-23-25-27-29-31-33-35-37-38(40(42)43-39(37)41)36-34-32-30-28-26-24-22-20-18-16-14-12-10-8-6-4-2/h3-36H2,1-2H3. The molecule has 3 nitrogen and oxygen atoms in total. The Morgan fingerprint density at radius 1 is 0.302 bits per heavy atom. The van der Waals surface area contributed by atoms with Crippen LogP contribution in [0.2, 0.25) is 0 Å². The van der Waals surface area contributed by atoms with Gasteiger partial charge in [0.25, 0.3) is 0 Å². The second kappa shape index (κ2) is 30.9. The van der Waals surface area contributed by atoms with Crippen molar-refractivity contribution in [2.24, 2.45) is 0 Å². The molecule has 1 rings (SSSR count). The highest BCUT2D eigenvalue weighted by molar-refractivity contribution is 6.12. The van der Waals surface area contributed by atoms with E-state index in [0.29, 0.717) is 11.1 Å². The lowest BCUT2D eigenvalue weighted by Crippen LogP contribution is -2.02. The third-order valence-electron chi connectivity index (χ3n) is 9.60. The highest BCUT2D eigenvalue weighted by Crippen LogP contribution is 2.27. The van der Waals surface area contributed by atoms with E-state index >= 15 is 0 Å². The van der Waals surface area contributed by atoms with Crippen molar-refractivity contribution in [2.45, 2.75) is 232 Å². The largest absolute Gasteiger partial charge is 0.386 e. The lowest BCUT2D eigenvalue weighted by atomic mass is 9.97. The van der Waals surface area contributed by atoms with Crippen LogP contribution >= 0.6 is 0 Å². The number of hydrogen-bond acceptors (Lipinski definition) is 3. The molecule has 1 aliphatic heterocycles. The number of carbonyl (C=O) groups is 2. The van der Waals surface area contributed by atoms with Crippen molar-refractivity contribution < 1.29 is 14.3 Å². The Balaban J connectivity index is 1.96. The monoisotopic (exact) mass is 603 g/mol. The second-order valence-corrected chi connectivity index (χ2v) is 13.7. The van der Waals surface area contributed by atoms with Crippen molar-refractivity contribution in [3.8, 4) is 0 Å². The molecule has 43 heavy (non-hydrogen) atoms. The van der Waals surface area contributed by atoms with Crippen molar-refractivity contribution in [3.63, 3.8) is 0 Å². The highest BCUT2D eigenvalue weighted by atomic mass is 16.6. The van der Waals surface area contributed by atoms with Gasteiger partial charge in [-0.2, -0.15) is 0 Å². The summed E-state index contributed by atoms with van der Waals surface area (Å²) in [6.07, 6.45) is 44.4. The Morgan fingerprint density at radius 3 is 0.698 bits per heavy atom. The van der Waals surface area contributed by atoms with Gasteiger partial charge in [0.05, 0.1) is 0 Å². The summed E-state index contributed by atoms with van der Waals surface area (Å²) in [7, 11) is 0. The van der Waals surface area contributed by atoms with Crippen molar-refractivity contribution in [2.75, 3.05) is 0 Å². The summed E-state index contributed by atoms with van der Waals surface area (Å²) in [5, 5.41) is 0. The van der Waals surface area contributed by atoms with Gasteiger partial charge in [-0.3, -0.25) is 0 Å². The van der Waals surface area contributed by atoms with Crippen molar-refractivity contribution in [1.29, 1.82) is 0 Å². The van der Waals surface area contributed by atoms with E-state index < -0.39 is 0 Å². The van der Waals surface area contributed by atoms with Gasteiger partial charge in [0.1, 0.15) is 0 Å². The smallest absolute Gasteiger partial charge is 0.342 e. The first-order valence-corrected chi connectivity index (χ1v) is 19.7. The van der Waals surface area contributed by atoms with E-state index in [1.165, 1.54) is 180 Å². The van der Waals surface area contributed by atoms with E-state index in [1.807, 2.05) is 0 Å². The van der Waals surface area contributed by atoms with Gasteiger partial charge in [0.15, 0.2) is 0 Å². The van der Waals surface area contributed by atoms with Crippen molar-refractivity contribution in [3.05, 3.63) is 11.1 Å². The number of esters is 2. The van der Waals surface area contributed by atoms with Gasteiger partial charge in [-0.15, -0.1) is 0 Å². The molecule has 0 saturated carbocycles. The molecule has 1 heterocycles. The third kappa shape index (κ3) is 23.9. The average Bonchev–Trinajstić information content (AvgIpc) is 3.27. The summed E-state index contributed by atoms with van der Waals surface area (Å²) in [5.74, 6) is -0.727. The van der Waals surface area contributed by atoms with Gasteiger partial charge in [-0.05, 0) is 25.7 Å². The molecule has 0 N–H and O–H groups in total. The first-order chi connectivity index (χ1) is 21.2. The zero-order valence-corrected chi connectivity index (χ0v) is 29.3. The van der Waals surface area contributed by atoms with Crippen LogP contribution in [-0.4, -0.2) is 11.9 Å². The van der Waals surface area contributed by atoms with Crippen molar-refractivity contribution in [1.82, 2.24) is 0 Å². The fraction of sp³-hybridized carbons (Fsp3) is 0.900. The van der Waals surface area contributed by atoms with Gasteiger partial charge < -0.3 is 4.74 Å². The molecule has 252 valence electrons. The predicted octanol–water partition coefficient (Wildman–Crippen LogP) is 13.7. The number of ether oxygens (including phenoxy) is 1. The maximum atomic E-state index is 12.3. The van der Waals surface area contributed by atoms with E-state index in [1.54, 1.807) is 0 Å². The molecule has 0 spiro atoms. The molecule has 0 radical (unpaired) electrons. The highest BCUT2D eigenvalue weighted by Gasteiger charge is 2.31. The molecule has 0 atom stereocenters. The summed E-state index contributed by atoms with van der Waals surface area (Å²) in [5.41, 5.74) is 1.38. The number of unbranched alkanes of at least 4 members (excludes halogenated alkanes) is 30. The quantitative estimate of drug-likeness (QED) is 0.0418. The Bertz CT molecular complexity index is 623. The SMILES string of the molecule is CCCCCCCCCCCCCCCCCCC1=C(CCCCCCCCCCCCCCCCCC)C(=O)OC1=O. The normalized spacial score (nSPS) is 13.4. The Morgan fingerprint density at radius 2 is 0.488 bits per heavy atom. The summed E-state index contributed by atoms with van der Waals surface area (Å²) in [6, 6.07) is 0. The van der Waals surface area contributed by atoms with Crippen LogP contribution in [0.1, 0.15) is 232 Å². The van der Waals surface area contributed by atoms with Crippen LogP contribution < -0.4 is 0 Å². The molecule has 0 amide bonds. The van der Waals surface area contributed by atoms with Crippen LogP contribution in [0.3, 0.4) is 0 Å². The molecular formula is C40H74O3. The van der Waals surface area contributed by atoms with Gasteiger partial charge in [-0.25, -0.2) is 9.59 Å². The molecule has 0 fully saturated rings. The molecule has 0 bridgehead atoms. The molecule has 0 aromatic heterocycles. The fourth-order valence-corrected chi connectivity index (χ4v) is 6.66. The van der Waals surface area contributed by atoms with E-state index in [-0.39, 0.29) is 11.9 Å². The summed E-state index contributed by atoms with van der Waals surface area (Å²) >= 11 is 0. The lowest BCUT2D eigenvalue weighted by Gasteiger charge is -2.05. The van der Waals surface area contributed by atoms with Crippen molar-refractivity contribution >= 4 is 11.9 Å². The molecule has 0 aliphatic carbocycles. The lowest BCUT2D eigenvalue weighted by molar-refractivity contribution is -0.151. The van der Waals surface area contributed by atoms with Crippen LogP contribution in [0, 0.1) is 0 Å². The maximum Gasteiger partial charge on any atom is 0.342 e. The topological polar surface area (TPSA) is 43.4 Å². The van der Waals surface area contributed by atoms with Gasteiger partial charge in [-0.1, -0.05) is 206 Å². The van der Waals surface area contributed by atoms with Gasteiger partial charge >= 0.3 is 11.9 Å². The Labute approximate surface area is 269 Å². The molecule has 0 unspecified atom stereocenters. The number of carbonyl (C=O) groups excluding carboxylic acids is 2. The second-order valence-electron chi connectivity index (χ2n) is 13.7. The van der Waals surface area contributed by atoms with E-state index in [9.17, 15) is 9.59 Å². The minimum absolute atomic E-state index is 0.363. The van der Waals surface area contributed by atoms with Crippen LogP contribution in [0.5, 0.6) is 0 Å². The molecule has 0 saturated heterocycles. The minimum Gasteiger partial charge on any atom is -0.386 e. The van der Waals surface area contributed by atoms with Crippen LogP contribution in [0.15, 0.2) is 11.1 Å². The van der Waals surface area contributed by atoms with Gasteiger partial charge in [0, 0.05) is 11.1 Å². The number of rotatable bonds is 34. The molecule has 3 heteroatoms. The first-order valence-electron chi connectivity index (χ1n) is 19.7. The van der Waals surface area contributed by atoms with Gasteiger partial charge in [0.2, 0.25) is 0 Å². The molecule has 0 aromatic carbocycles. The summed E-state index contributed by atoms with van der Waals surface area (Å²) in [4.78, 5) is 24.5. The molecule has 1 aliphatic rings. The summed E-state index contributed by atoms with van der Waals surface area (Å²) < 4.78 is 4.99. The van der Waals surface area contributed by atoms with E-state index in [0.717, 1.165) is 38.5 Å². The Kier molecular flexibility index (Phi) is 28.7. The van der Waals surface area contributed by atoms with Crippen LogP contribution in [0.25, 0.3) is 0 Å². The fourth-order valence-electron chi connectivity index (χ4n) is 6.66.